The van der Waals surface area contributed by atoms with Gasteiger partial charge in [-0.25, -0.2) is 18.5 Å². The quantitative estimate of drug-likeness (QED) is 0.827. The van der Waals surface area contributed by atoms with Crippen LogP contribution in [0.1, 0.15) is 10.5 Å². The van der Waals surface area contributed by atoms with Crippen LogP contribution in [0.2, 0.25) is 5.15 Å². The van der Waals surface area contributed by atoms with Crippen LogP contribution in [0.15, 0.2) is 40.0 Å². The molecule has 0 aliphatic carbocycles. The normalized spacial score (nSPS) is 11.2. The molecule has 0 unspecified atom stereocenters. The molecule has 3 N–H and O–H groups in total. The minimum absolute atomic E-state index is 0.0323. The van der Waals surface area contributed by atoms with Gasteiger partial charge in [0.25, 0.3) is 5.91 Å². The summed E-state index contributed by atoms with van der Waals surface area (Å²) in [6.45, 7) is 0. The maximum Gasteiger partial charge on any atom is 0.275 e. The molecule has 2 rings (SSSR count). The van der Waals surface area contributed by atoms with Crippen LogP contribution in [0.5, 0.6) is 0 Å². The van der Waals surface area contributed by atoms with E-state index in [0.717, 1.165) is 0 Å². The number of benzene rings is 1. The van der Waals surface area contributed by atoms with E-state index >= 15 is 0 Å². The fraction of sp³-hybridized carbons (Fsp3) is 0. The fourth-order valence-corrected chi connectivity index (χ4v) is 2.73. The zero-order valence-corrected chi connectivity index (χ0v) is 13.4. The monoisotopic (exact) mass is 390 g/mol. The molecule has 1 amide bonds. The third-order valence-corrected chi connectivity index (χ3v) is 4.10. The van der Waals surface area contributed by atoms with Gasteiger partial charge < -0.3 is 5.32 Å². The van der Waals surface area contributed by atoms with Crippen LogP contribution >= 0.6 is 27.5 Å². The molecule has 0 atom stereocenters. The summed E-state index contributed by atoms with van der Waals surface area (Å²) >= 11 is 8.81. The van der Waals surface area contributed by atoms with Crippen LogP contribution in [0.25, 0.3) is 0 Å². The summed E-state index contributed by atoms with van der Waals surface area (Å²) in [5.41, 5.74) is 0.388. The highest BCUT2D eigenvalue weighted by Gasteiger charge is 2.14. The average molecular weight is 392 g/mol. The van der Waals surface area contributed by atoms with Crippen molar-refractivity contribution >= 4 is 49.1 Å². The Hall–Kier alpha value is -1.55. The number of halogens is 2. The van der Waals surface area contributed by atoms with Crippen molar-refractivity contribution in [2.75, 3.05) is 5.32 Å². The number of carbonyl (C=O) groups excluding carboxylic acids is 1. The lowest BCUT2D eigenvalue weighted by molar-refractivity contribution is 0.102. The van der Waals surface area contributed by atoms with Gasteiger partial charge in [0.15, 0.2) is 0 Å². The predicted molar refractivity (Wildman–Crippen MR) is 80.5 cm³/mol. The van der Waals surface area contributed by atoms with Gasteiger partial charge in [0.05, 0.1) is 23.0 Å². The molecular weight excluding hydrogens is 384 g/mol. The first kappa shape index (κ1) is 15.8. The second-order valence-electron chi connectivity index (χ2n) is 3.87. The number of hydrogen-bond acceptors (Lipinski definition) is 5. The number of sulfonamides is 1. The van der Waals surface area contributed by atoms with Crippen molar-refractivity contribution < 1.29 is 13.2 Å². The molecule has 1 aromatic heterocycles. The molecule has 2 aromatic rings. The molecule has 0 saturated heterocycles. The van der Waals surface area contributed by atoms with Crippen LogP contribution in [0, 0.1) is 0 Å². The lowest BCUT2D eigenvalue weighted by Crippen LogP contribution is -2.15. The van der Waals surface area contributed by atoms with Crippen molar-refractivity contribution in [2.24, 2.45) is 5.14 Å². The van der Waals surface area contributed by atoms with Crippen LogP contribution in [-0.2, 0) is 10.0 Å². The van der Waals surface area contributed by atoms with E-state index in [2.05, 4.69) is 31.2 Å². The molecule has 7 nitrogen and oxygen atoms in total. The summed E-state index contributed by atoms with van der Waals surface area (Å²) in [6, 6.07) is 3.97. The van der Waals surface area contributed by atoms with Gasteiger partial charge in [-0.05, 0) is 34.1 Å². The van der Waals surface area contributed by atoms with E-state index in [0.29, 0.717) is 10.2 Å². The molecule has 0 aliphatic rings. The first-order valence-electron chi connectivity index (χ1n) is 5.38. The lowest BCUT2D eigenvalue weighted by atomic mass is 10.3. The number of rotatable bonds is 3. The molecule has 21 heavy (non-hydrogen) atoms. The Labute approximate surface area is 133 Å². The van der Waals surface area contributed by atoms with E-state index in [-0.39, 0.29) is 15.7 Å². The number of primary sulfonamides is 1. The van der Waals surface area contributed by atoms with Crippen LogP contribution in [-0.4, -0.2) is 24.3 Å². The Balaban J connectivity index is 2.26. The topological polar surface area (TPSA) is 115 Å². The fourth-order valence-electron chi connectivity index (χ4n) is 1.41. The molecule has 1 aromatic carbocycles. The Morgan fingerprint density at radius 3 is 2.62 bits per heavy atom. The first-order valence-corrected chi connectivity index (χ1v) is 8.10. The Kier molecular flexibility index (Phi) is 4.57. The number of amides is 1. The van der Waals surface area contributed by atoms with Crippen LogP contribution in [0.3, 0.4) is 0 Å². The van der Waals surface area contributed by atoms with E-state index in [9.17, 15) is 13.2 Å². The summed E-state index contributed by atoms with van der Waals surface area (Å²) in [4.78, 5) is 19.5. The largest absolute Gasteiger partial charge is 0.320 e. The second-order valence-corrected chi connectivity index (χ2v) is 6.67. The van der Waals surface area contributed by atoms with Crippen molar-refractivity contribution in [1.82, 2.24) is 9.97 Å². The Morgan fingerprint density at radius 2 is 2.05 bits per heavy atom. The van der Waals surface area contributed by atoms with E-state index < -0.39 is 15.9 Å². The van der Waals surface area contributed by atoms with E-state index in [1.807, 2.05) is 0 Å². The number of carbonyl (C=O) groups is 1. The molecule has 110 valence electrons. The number of nitrogens with zero attached hydrogens (tertiary/aromatic N) is 2. The number of anilines is 1. The molecule has 0 radical (unpaired) electrons. The molecule has 0 saturated carbocycles. The first-order chi connectivity index (χ1) is 9.77. The van der Waals surface area contributed by atoms with E-state index in [4.69, 9.17) is 16.7 Å². The van der Waals surface area contributed by atoms with Gasteiger partial charge in [0.2, 0.25) is 10.0 Å². The van der Waals surface area contributed by atoms with Gasteiger partial charge >= 0.3 is 0 Å². The van der Waals surface area contributed by atoms with Gasteiger partial charge in [-0.3, -0.25) is 9.78 Å². The highest BCUT2D eigenvalue weighted by molar-refractivity contribution is 9.10. The van der Waals surface area contributed by atoms with Gasteiger partial charge in [0, 0.05) is 4.47 Å². The summed E-state index contributed by atoms with van der Waals surface area (Å²) in [6.07, 6.45) is 2.56. The average Bonchev–Trinajstić information content (AvgIpc) is 2.39. The summed E-state index contributed by atoms with van der Waals surface area (Å²) in [5.74, 6) is -0.533. The maximum absolute atomic E-state index is 12.0. The molecule has 0 aliphatic heterocycles. The summed E-state index contributed by atoms with van der Waals surface area (Å²) in [7, 11) is -3.81. The minimum Gasteiger partial charge on any atom is -0.320 e. The zero-order chi connectivity index (χ0) is 15.6. The number of aromatic nitrogens is 2. The summed E-state index contributed by atoms with van der Waals surface area (Å²) < 4.78 is 22.8. The molecule has 1 heterocycles. The Morgan fingerprint density at radius 1 is 1.33 bits per heavy atom. The van der Waals surface area contributed by atoms with E-state index in [1.54, 1.807) is 0 Å². The minimum atomic E-state index is -3.81. The van der Waals surface area contributed by atoms with Crippen molar-refractivity contribution in [1.29, 1.82) is 0 Å². The zero-order valence-electron chi connectivity index (χ0n) is 10.2. The van der Waals surface area contributed by atoms with Gasteiger partial charge in [-0.15, -0.1) is 0 Å². The third kappa shape index (κ3) is 3.97. The van der Waals surface area contributed by atoms with E-state index in [1.165, 1.54) is 30.6 Å². The highest BCUT2D eigenvalue weighted by atomic mass is 79.9. The molecule has 0 fully saturated rings. The van der Waals surface area contributed by atoms with Gasteiger partial charge in [-0.2, -0.15) is 0 Å². The van der Waals surface area contributed by atoms with Gasteiger partial charge in [-0.1, -0.05) is 11.6 Å². The molecule has 0 bridgehead atoms. The van der Waals surface area contributed by atoms with Crippen molar-refractivity contribution in [3.63, 3.8) is 0 Å². The second kappa shape index (κ2) is 6.06. The third-order valence-electron chi connectivity index (χ3n) is 2.36. The molecular formula is C11H8BrClN4O3S. The van der Waals surface area contributed by atoms with Crippen molar-refractivity contribution in [2.45, 2.75) is 4.90 Å². The smallest absolute Gasteiger partial charge is 0.275 e. The SMILES string of the molecule is NS(=O)(=O)c1ccc(NC(=O)c2cncc(Cl)n2)c(Br)c1. The number of hydrogen-bond donors (Lipinski definition) is 2. The Bertz CT molecular complexity index is 813. The number of nitrogens with one attached hydrogen (secondary N) is 1. The molecule has 10 heteroatoms. The predicted octanol–water partition coefficient (Wildman–Crippen LogP) is 1.79. The number of nitrogens with two attached hydrogens (primary N) is 1. The summed E-state index contributed by atoms with van der Waals surface area (Å²) in [5, 5.41) is 7.65. The standard InChI is InChI=1S/C11H8BrClN4O3S/c12-7-3-6(21(14,19)20)1-2-8(7)17-11(18)9-4-15-5-10(13)16-9/h1-5H,(H,17,18)(H2,14,19,20). The maximum atomic E-state index is 12.0. The van der Waals surface area contributed by atoms with Crippen LogP contribution in [0.4, 0.5) is 5.69 Å². The van der Waals surface area contributed by atoms with Crippen molar-refractivity contribution in [3.8, 4) is 0 Å². The molecule has 0 spiro atoms. The van der Waals surface area contributed by atoms with Crippen molar-refractivity contribution in [3.05, 3.63) is 45.9 Å². The lowest BCUT2D eigenvalue weighted by Gasteiger charge is -2.08. The van der Waals surface area contributed by atoms with Gasteiger partial charge in [0.1, 0.15) is 10.8 Å². The highest BCUT2D eigenvalue weighted by Crippen LogP contribution is 2.25. The van der Waals surface area contributed by atoms with Crippen LogP contribution < -0.4 is 10.5 Å².